The Hall–Kier alpha value is -2.11. The zero-order chi connectivity index (χ0) is 59.2. The molecule has 0 spiro atoms. The summed E-state index contributed by atoms with van der Waals surface area (Å²) in [6.07, 6.45) is 88.0. The molecule has 0 saturated carbocycles. The highest BCUT2D eigenvalue weighted by atomic mass is 16.6. The van der Waals surface area contributed by atoms with E-state index < -0.39 is 6.10 Å². The highest BCUT2D eigenvalue weighted by Gasteiger charge is 2.20. The largest absolute Gasteiger partial charge is 0.462 e. The van der Waals surface area contributed by atoms with E-state index in [0.717, 1.165) is 77.0 Å². The van der Waals surface area contributed by atoms with Gasteiger partial charge in [0.1, 0.15) is 13.2 Å². The van der Waals surface area contributed by atoms with Gasteiger partial charge in [-0.15, -0.1) is 0 Å². The minimum absolute atomic E-state index is 0.0690. The summed E-state index contributed by atoms with van der Waals surface area (Å²) in [4.78, 5) is 38.5. The fraction of sp³-hybridized carbons (Fsp3) is 0.908. The lowest BCUT2D eigenvalue weighted by Crippen LogP contribution is -2.30. The van der Waals surface area contributed by atoms with Crippen molar-refractivity contribution < 1.29 is 28.6 Å². The number of hydrogen-bond donors (Lipinski definition) is 0. The molecule has 0 rings (SSSR count). The number of esters is 3. The Morgan fingerprint density at radius 1 is 0.244 bits per heavy atom. The van der Waals surface area contributed by atoms with Crippen LogP contribution in [-0.2, 0) is 28.6 Å². The van der Waals surface area contributed by atoms with E-state index >= 15 is 0 Å². The van der Waals surface area contributed by atoms with Gasteiger partial charge in [-0.05, 0) is 51.4 Å². The second-order valence-electron chi connectivity index (χ2n) is 25.6. The summed E-state index contributed by atoms with van der Waals surface area (Å²) in [7, 11) is 0. The van der Waals surface area contributed by atoms with Crippen molar-refractivity contribution in [3.63, 3.8) is 0 Å². The van der Waals surface area contributed by atoms with Gasteiger partial charge in [-0.25, -0.2) is 0 Å². The summed E-state index contributed by atoms with van der Waals surface area (Å²) in [6.45, 7) is 6.71. The topological polar surface area (TPSA) is 78.9 Å². The van der Waals surface area contributed by atoms with Crippen molar-refractivity contribution in [3.8, 4) is 0 Å². The van der Waals surface area contributed by atoms with Crippen LogP contribution in [0.1, 0.15) is 425 Å². The number of unbranched alkanes of at least 4 members (excludes halogenated alkanes) is 55. The van der Waals surface area contributed by atoms with Gasteiger partial charge in [0.25, 0.3) is 0 Å². The predicted molar refractivity (Wildman–Crippen MR) is 358 cm³/mol. The van der Waals surface area contributed by atoms with E-state index in [1.54, 1.807) is 0 Å². The van der Waals surface area contributed by atoms with Crippen LogP contribution in [0.15, 0.2) is 24.3 Å². The molecule has 6 heteroatoms. The minimum atomic E-state index is -0.775. The Kier molecular flexibility index (Phi) is 69.5. The van der Waals surface area contributed by atoms with Gasteiger partial charge in [0.2, 0.25) is 0 Å². The first-order valence-corrected chi connectivity index (χ1v) is 37.3. The van der Waals surface area contributed by atoms with Crippen LogP contribution in [0, 0.1) is 0 Å². The van der Waals surface area contributed by atoms with Gasteiger partial charge in [-0.2, -0.15) is 0 Å². The first kappa shape index (κ1) is 79.9. The smallest absolute Gasteiger partial charge is 0.306 e. The number of ether oxygens (including phenoxy) is 3. The van der Waals surface area contributed by atoms with Crippen molar-refractivity contribution >= 4 is 17.9 Å². The van der Waals surface area contributed by atoms with Gasteiger partial charge >= 0.3 is 17.9 Å². The molecule has 6 nitrogen and oxygen atoms in total. The van der Waals surface area contributed by atoms with Crippen molar-refractivity contribution in [1.82, 2.24) is 0 Å². The number of allylic oxidation sites excluding steroid dienone is 4. The van der Waals surface area contributed by atoms with Crippen molar-refractivity contribution in [2.45, 2.75) is 431 Å². The molecule has 0 aromatic carbocycles. The Balaban J connectivity index is 4.22. The molecule has 82 heavy (non-hydrogen) atoms. The van der Waals surface area contributed by atoms with Gasteiger partial charge in [0, 0.05) is 19.3 Å². The van der Waals surface area contributed by atoms with Crippen LogP contribution in [0.25, 0.3) is 0 Å². The molecule has 1 unspecified atom stereocenters. The van der Waals surface area contributed by atoms with Crippen LogP contribution < -0.4 is 0 Å². The van der Waals surface area contributed by atoms with Gasteiger partial charge in [0.05, 0.1) is 0 Å². The maximum absolute atomic E-state index is 13.0. The molecule has 1 atom stereocenters. The highest BCUT2D eigenvalue weighted by molar-refractivity contribution is 5.71. The van der Waals surface area contributed by atoms with E-state index in [9.17, 15) is 14.4 Å². The Labute approximate surface area is 513 Å². The maximum atomic E-state index is 13.0. The molecule has 0 fully saturated rings. The van der Waals surface area contributed by atoms with Gasteiger partial charge in [-0.1, -0.05) is 379 Å². The van der Waals surface area contributed by atoms with E-state index in [1.165, 1.54) is 308 Å². The quantitative estimate of drug-likeness (QED) is 0.0261. The monoisotopic (exact) mass is 1150 g/mol. The molecule has 0 aromatic rings. The average molecular weight is 1150 g/mol. The molecule has 0 aliphatic carbocycles. The number of rotatable bonds is 70. The summed E-state index contributed by atoms with van der Waals surface area (Å²) < 4.78 is 17.0. The molecule has 0 aliphatic rings. The third kappa shape index (κ3) is 68.7. The molecule has 484 valence electrons. The maximum Gasteiger partial charge on any atom is 0.306 e. The van der Waals surface area contributed by atoms with Gasteiger partial charge in [0.15, 0.2) is 6.10 Å². The Morgan fingerprint density at radius 2 is 0.439 bits per heavy atom. The lowest BCUT2D eigenvalue weighted by Gasteiger charge is -2.18. The Morgan fingerprint density at radius 3 is 0.683 bits per heavy atom. The zero-order valence-corrected chi connectivity index (χ0v) is 55.8. The van der Waals surface area contributed by atoms with E-state index in [1.807, 2.05) is 0 Å². The number of hydrogen-bond acceptors (Lipinski definition) is 6. The molecular formula is C76H144O6. The van der Waals surface area contributed by atoms with Crippen LogP contribution in [0.4, 0.5) is 0 Å². The second-order valence-corrected chi connectivity index (χ2v) is 25.6. The first-order chi connectivity index (χ1) is 40.5. The van der Waals surface area contributed by atoms with Crippen molar-refractivity contribution in [2.75, 3.05) is 13.2 Å². The molecule has 0 amide bonds. The molecule has 0 aliphatic heterocycles. The summed E-state index contributed by atoms with van der Waals surface area (Å²) >= 11 is 0. The fourth-order valence-corrected chi connectivity index (χ4v) is 11.6. The van der Waals surface area contributed by atoms with Crippen LogP contribution in [0.3, 0.4) is 0 Å². The third-order valence-corrected chi connectivity index (χ3v) is 17.2. The number of carbonyl (C=O) groups excluding carboxylic acids is 3. The van der Waals surface area contributed by atoms with E-state index in [0.29, 0.717) is 19.3 Å². The van der Waals surface area contributed by atoms with E-state index in [4.69, 9.17) is 14.2 Å². The summed E-state index contributed by atoms with van der Waals surface area (Å²) in [5.74, 6) is -0.847. The fourth-order valence-electron chi connectivity index (χ4n) is 11.6. The lowest BCUT2D eigenvalue weighted by molar-refractivity contribution is -0.167. The lowest BCUT2D eigenvalue weighted by atomic mass is 10.0. The zero-order valence-electron chi connectivity index (χ0n) is 55.8. The molecule has 0 heterocycles. The molecule has 0 N–H and O–H groups in total. The highest BCUT2D eigenvalue weighted by Crippen LogP contribution is 2.19. The molecule has 0 radical (unpaired) electrons. The first-order valence-electron chi connectivity index (χ1n) is 37.3. The van der Waals surface area contributed by atoms with Crippen LogP contribution in [0.5, 0.6) is 0 Å². The number of carbonyl (C=O) groups is 3. The average Bonchev–Trinajstić information content (AvgIpc) is 3.47. The summed E-state index contributed by atoms with van der Waals surface area (Å²) in [5, 5.41) is 0. The molecule has 0 saturated heterocycles. The Bertz CT molecular complexity index is 1320. The SMILES string of the molecule is CCCCCC/C=C\C/C=C\CCCCCCCC(=O)OCC(COC(=O)CCCCCCCCCCCCCCCCCCCCCCCCCCCCCC)OC(=O)CCCCCCCCCCCCCCCCCCCCCC. The standard InChI is InChI=1S/C76H144O6/c1-4-7-10-13-16-19-22-25-28-31-33-35-36-37-38-39-40-41-42-44-45-48-51-54-57-60-63-66-69-75(78)81-72-73(71-80-74(77)68-65-62-59-56-53-50-47-30-27-24-21-18-15-12-9-6-3)82-76(79)70-67-64-61-58-55-52-49-46-43-34-32-29-26-23-20-17-14-11-8-5-2/h21,24,30,47,73H,4-20,22-23,25-29,31-46,48-72H2,1-3H3/b24-21-,47-30-. The van der Waals surface area contributed by atoms with Crippen LogP contribution in [0.2, 0.25) is 0 Å². The minimum Gasteiger partial charge on any atom is -0.462 e. The van der Waals surface area contributed by atoms with E-state index in [-0.39, 0.29) is 31.1 Å². The van der Waals surface area contributed by atoms with Crippen molar-refractivity contribution in [2.24, 2.45) is 0 Å². The van der Waals surface area contributed by atoms with Crippen LogP contribution >= 0.6 is 0 Å². The normalized spacial score (nSPS) is 12.1. The molecule has 0 aromatic heterocycles. The van der Waals surface area contributed by atoms with Crippen molar-refractivity contribution in [3.05, 3.63) is 24.3 Å². The summed E-state index contributed by atoms with van der Waals surface area (Å²) in [5.41, 5.74) is 0. The van der Waals surface area contributed by atoms with Crippen molar-refractivity contribution in [1.29, 1.82) is 0 Å². The summed E-state index contributed by atoms with van der Waals surface area (Å²) in [6, 6.07) is 0. The third-order valence-electron chi connectivity index (χ3n) is 17.2. The van der Waals surface area contributed by atoms with E-state index in [2.05, 4.69) is 45.1 Å². The van der Waals surface area contributed by atoms with Crippen LogP contribution in [-0.4, -0.2) is 37.2 Å². The predicted octanol–water partition coefficient (Wildman–Crippen LogP) is 25.7. The molecular weight excluding hydrogens is 1010 g/mol. The van der Waals surface area contributed by atoms with Gasteiger partial charge < -0.3 is 14.2 Å². The van der Waals surface area contributed by atoms with Gasteiger partial charge in [-0.3, -0.25) is 14.4 Å². The molecule has 0 bridgehead atoms. The second kappa shape index (κ2) is 71.4.